The summed E-state index contributed by atoms with van der Waals surface area (Å²) in [6.45, 7) is 2.00. The number of amides is 2. The van der Waals surface area contributed by atoms with Crippen LogP contribution in [-0.2, 0) is 9.59 Å². The first kappa shape index (κ1) is 20.4. The Bertz CT molecular complexity index is 1190. The monoisotopic (exact) mass is 434 g/mol. The Balaban J connectivity index is 1.30. The lowest BCUT2D eigenvalue weighted by Gasteiger charge is -2.20. The predicted molar refractivity (Wildman–Crippen MR) is 117 cm³/mol. The van der Waals surface area contributed by atoms with Gasteiger partial charge in [0.15, 0.2) is 0 Å². The van der Waals surface area contributed by atoms with Gasteiger partial charge in [-0.2, -0.15) is 4.98 Å². The minimum absolute atomic E-state index is 0.115. The number of carbonyl (C=O) groups excluding carboxylic acids is 2. The van der Waals surface area contributed by atoms with E-state index in [4.69, 9.17) is 4.52 Å². The first-order valence-electron chi connectivity index (χ1n) is 10.8. The lowest BCUT2D eigenvalue weighted by Crippen LogP contribution is -2.28. The Morgan fingerprint density at radius 3 is 2.81 bits per heavy atom. The zero-order valence-electron chi connectivity index (χ0n) is 17.7. The quantitative estimate of drug-likeness (QED) is 0.641. The van der Waals surface area contributed by atoms with Crippen molar-refractivity contribution in [3.05, 3.63) is 59.7 Å². The molecule has 2 fully saturated rings. The van der Waals surface area contributed by atoms with Crippen molar-refractivity contribution < 1.29 is 18.5 Å². The van der Waals surface area contributed by atoms with Gasteiger partial charge in [0, 0.05) is 35.8 Å². The minimum Gasteiger partial charge on any atom is -0.339 e. The third kappa shape index (κ3) is 3.88. The summed E-state index contributed by atoms with van der Waals surface area (Å²) < 4.78 is 18.7. The number of anilines is 2. The molecule has 3 aromatic rings. The molecule has 1 aliphatic heterocycles. The van der Waals surface area contributed by atoms with Gasteiger partial charge in [-0.1, -0.05) is 23.7 Å². The van der Waals surface area contributed by atoms with Crippen molar-refractivity contribution in [1.29, 1.82) is 0 Å². The molecule has 1 saturated carbocycles. The SMILES string of the molecule is Cc1cc(F)ccc1NC(=O)C1CC(=O)N(c2cccc(-c3noc(C4CCC4)n3)c2)C1. The van der Waals surface area contributed by atoms with Crippen LogP contribution in [0.5, 0.6) is 0 Å². The van der Waals surface area contributed by atoms with E-state index >= 15 is 0 Å². The summed E-state index contributed by atoms with van der Waals surface area (Å²) in [6.07, 6.45) is 3.45. The smallest absolute Gasteiger partial charge is 0.230 e. The molecule has 1 aromatic heterocycles. The molecule has 2 heterocycles. The van der Waals surface area contributed by atoms with Gasteiger partial charge in [-0.3, -0.25) is 9.59 Å². The topological polar surface area (TPSA) is 88.3 Å². The van der Waals surface area contributed by atoms with Crippen molar-refractivity contribution in [3.8, 4) is 11.4 Å². The highest BCUT2D eigenvalue weighted by Gasteiger charge is 2.35. The van der Waals surface area contributed by atoms with Gasteiger partial charge in [-0.05, 0) is 55.7 Å². The van der Waals surface area contributed by atoms with Gasteiger partial charge < -0.3 is 14.7 Å². The molecule has 2 aromatic carbocycles. The van der Waals surface area contributed by atoms with Crippen LogP contribution in [0.1, 0.15) is 43.1 Å². The summed E-state index contributed by atoms with van der Waals surface area (Å²) in [5.41, 5.74) is 2.63. The van der Waals surface area contributed by atoms with Crippen molar-refractivity contribution in [2.75, 3.05) is 16.8 Å². The highest BCUT2D eigenvalue weighted by atomic mass is 19.1. The van der Waals surface area contributed by atoms with Gasteiger partial charge in [0.1, 0.15) is 5.82 Å². The van der Waals surface area contributed by atoms with Gasteiger partial charge in [-0.25, -0.2) is 4.39 Å². The number of hydrogen-bond acceptors (Lipinski definition) is 5. The lowest BCUT2D eigenvalue weighted by atomic mass is 9.85. The highest BCUT2D eigenvalue weighted by Crippen LogP contribution is 2.36. The number of hydrogen-bond donors (Lipinski definition) is 1. The summed E-state index contributed by atoms with van der Waals surface area (Å²) in [7, 11) is 0. The van der Waals surface area contributed by atoms with Crippen LogP contribution in [0, 0.1) is 18.7 Å². The number of aromatic nitrogens is 2. The lowest BCUT2D eigenvalue weighted by molar-refractivity contribution is -0.122. The maximum atomic E-state index is 13.3. The van der Waals surface area contributed by atoms with Crippen LogP contribution in [0.3, 0.4) is 0 Å². The van der Waals surface area contributed by atoms with Gasteiger partial charge in [0.2, 0.25) is 23.5 Å². The summed E-state index contributed by atoms with van der Waals surface area (Å²) in [4.78, 5) is 31.6. The van der Waals surface area contributed by atoms with E-state index in [1.54, 1.807) is 11.8 Å². The van der Waals surface area contributed by atoms with Crippen molar-refractivity contribution in [2.24, 2.45) is 5.92 Å². The number of nitrogens with zero attached hydrogens (tertiary/aromatic N) is 3. The van der Waals surface area contributed by atoms with E-state index in [9.17, 15) is 14.0 Å². The van der Waals surface area contributed by atoms with Gasteiger partial charge in [0.05, 0.1) is 5.92 Å². The molecule has 1 atom stereocenters. The number of rotatable bonds is 5. The molecule has 1 N–H and O–H groups in total. The molecule has 0 bridgehead atoms. The number of benzene rings is 2. The van der Waals surface area contributed by atoms with Crippen LogP contribution >= 0.6 is 0 Å². The molecule has 164 valence electrons. The summed E-state index contributed by atoms with van der Waals surface area (Å²) in [5.74, 6) is 0.290. The Hall–Kier alpha value is -3.55. The molecule has 0 spiro atoms. The van der Waals surface area contributed by atoms with E-state index in [-0.39, 0.29) is 30.6 Å². The van der Waals surface area contributed by atoms with Crippen LogP contribution in [-0.4, -0.2) is 28.5 Å². The number of aryl methyl sites for hydroxylation is 1. The molecule has 1 aliphatic carbocycles. The molecule has 7 nitrogen and oxygen atoms in total. The molecule has 32 heavy (non-hydrogen) atoms. The van der Waals surface area contributed by atoms with Crippen LogP contribution in [0.2, 0.25) is 0 Å². The second-order valence-corrected chi connectivity index (χ2v) is 8.49. The highest BCUT2D eigenvalue weighted by molar-refractivity contribution is 6.03. The zero-order valence-corrected chi connectivity index (χ0v) is 17.7. The molecule has 2 aliphatic rings. The zero-order chi connectivity index (χ0) is 22.2. The second-order valence-electron chi connectivity index (χ2n) is 8.49. The third-order valence-corrected chi connectivity index (χ3v) is 6.25. The number of halogens is 1. The maximum Gasteiger partial charge on any atom is 0.230 e. The fourth-order valence-corrected chi connectivity index (χ4v) is 4.12. The molecule has 1 unspecified atom stereocenters. The van der Waals surface area contributed by atoms with E-state index in [0.29, 0.717) is 34.6 Å². The average molecular weight is 434 g/mol. The van der Waals surface area contributed by atoms with E-state index < -0.39 is 5.92 Å². The van der Waals surface area contributed by atoms with Crippen LogP contribution < -0.4 is 10.2 Å². The first-order chi connectivity index (χ1) is 15.5. The van der Waals surface area contributed by atoms with Crippen molar-refractivity contribution in [3.63, 3.8) is 0 Å². The molecular formula is C24H23FN4O3. The molecule has 8 heteroatoms. The van der Waals surface area contributed by atoms with Crippen molar-refractivity contribution in [2.45, 2.75) is 38.5 Å². The molecule has 2 amide bonds. The maximum absolute atomic E-state index is 13.3. The minimum atomic E-state index is -0.494. The standard InChI is InChI=1S/C24H23FN4O3/c1-14-10-18(25)8-9-20(14)26-23(31)17-12-21(30)29(13-17)19-7-3-6-16(11-19)22-27-24(32-28-22)15-4-2-5-15/h3,6-11,15,17H,2,4-5,12-13H2,1H3,(H,26,31). The first-order valence-corrected chi connectivity index (χ1v) is 10.8. The molecular weight excluding hydrogens is 411 g/mol. The van der Waals surface area contributed by atoms with Crippen LogP contribution in [0.15, 0.2) is 47.0 Å². The predicted octanol–water partition coefficient (Wildman–Crippen LogP) is 4.44. The van der Waals surface area contributed by atoms with Gasteiger partial charge >= 0.3 is 0 Å². The van der Waals surface area contributed by atoms with E-state index in [1.807, 2.05) is 24.3 Å². The summed E-state index contributed by atoms with van der Waals surface area (Å²) in [6, 6.07) is 11.6. The second kappa shape index (κ2) is 8.18. The fraction of sp³-hybridized carbons (Fsp3) is 0.333. The van der Waals surface area contributed by atoms with Crippen molar-refractivity contribution in [1.82, 2.24) is 10.1 Å². The molecule has 1 saturated heterocycles. The summed E-state index contributed by atoms with van der Waals surface area (Å²) in [5, 5.41) is 6.92. The van der Waals surface area contributed by atoms with Crippen LogP contribution in [0.4, 0.5) is 15.8 Å². The average Bonchev–Trinajstić information content (AvgIpc) is 3.36. The Kier molecular flexibility index (Phi) is 5.20. The fourth-order valence-electron chi connectivity index (χ4n) is 4.12. The molecule has 5 rings (SSSR count). The number of carbonyl (C=O) groups is 2. The Morgan fingerprint density at radius 1 is 1.22 bits per heavy atom. The van der Waals surface area contributed by atoms with Crippen LogP contribution in [0.25, 0.3) is 11.4 Å². The van der Waals surface area contributed by atoms with E-state index in [0.717, 1.165) is 18.4 Å². The van der Waals surface area contributed by atoms with E-state index in [1.165, 1.54) is 24.6 Å². The largest absolute Gasteiger partial charge is 0.339 e. The van der Waals surface area contributed by atoms with Gasteiger partial charge in [-0.15, -0.1) is 0 Å². The normalized spacial score (nSPS) is 18.6. The van der Waals surface area contributed by atoms with E-state index in [2.05, 4.69) is 15.5 Å². The molecule has 0 radical (unpaired) electrons. The third-order valence-electron chi connectivity index (χ3n) is 6.25. The van der Waals surface area contributed by atoms with Gasteiger partial charge in [0.25, 0.3) is 0 Å². The Morgan fingerprint density at radius 2 is 2.06 bits per heavy atom. The Labute approximate surface area is 184 Å². The number of nitrogens with one attached hydrogen (secondary N) is 1. The summed E-state index contributed by atoms with van der Waals surface area (Å²) >= 11 is 0. The van der Waals surface area contributed by atoms with Crippen molar-refractivity contribution >= 4 is 23.2 Å².